The molecule has 0 fully saturated rings. The van der Waals surface area contributed by atoms with Crippen LogP contribution in [0.4, 0.5) is 0 Å². The maximum atomic E-state index is 13.5. The zero-order valence-corrected chi connectivity index (χ0v) is 29.1. The first-order valence-electron chi connectivity index (χ1n) is 15.3. The third-order valence-corrected chi connectivity index (χ3v) is 8.75. The van der Waals surface area contributed by atoms with Gasteiger partial charge in [0.05, 0.1) is 47.0 Å². The van der Waals surface area contributed by atoms with Gasteiger partial charge in [0, 0.05) is 32.6 Å². The van der Waals surface area contributed by atoms with E-state index in [0.29, 0.717) is 40.5 Å². The molecule has 0 unspecified atom stereocenters. The van der Waals surface area contributed by atoms with Gasteiger partial charge in [0.15, 0.2) is 0 Å². The quantitative estimate of drug-likeness (QED) is 0.130. The van der Waals surface area contributed by atoms with E-state index in [9.17, 15) is 14.7 Å². The summed E-state index contributed by atoms with van der Waals surface area (Å²) in [5.41, 5.74) is 7.90. The van der Waals surface area contributed by atoms with Gasteiger partial charge in [-0.25, -0.2) is 0 Å². The Bertz CT molecular complexity index is 1220. The molecule has 5 N–H and O–H groups in total. The summed E-state index contributed by atoms with van der Waals surface area (Å²) in [4.78, 5) is 26.7. The number of benzene rings is 2. The number of aliphatic hydroxyl groups is 1. The van der Waals surface area contributed by atoms with Gasteiger partial charge in [-0.05, 0) is 53.6 Å². The second-order valence-electron chi connectivity index (χ2n) is 11.6. The summed E-state index contributed by atoms with van der Waals surface area (Å²) in [6, 6.07) is 9.04. The molecule has 0 spiro atoms. The first-order chi connectivity index (χ1) is 21.4. The number of nitrogens with one attached hydrogen (secondary N) is 2. The van der Waals surface area contributed by atoms with Gasteiger partial charge in [0.25, 0.3) is 0 Å². The third kappa shape index (κ3) is 13.3. The van der Waals surface area contributed by atoms with E-state index in [1.54, 1.807) is 31.4 Å². The average Bonchev–Trinajstić information content (AvgIpc) is 3.01. The van der Waals surface area contributed by atoms with Gasteiger partial charge in [-0.1, -0.05) is 81.1 Å². The van der Waals surface area contributed by atoms with Crippen molar-refractivity contribution in [3.8, 4) is 5.75 Å². The Morgan fingerprint density at radius 1 is 0.956 bits per heavy atom. The molecule has 2 aromatic carbocycles. The molecule has 9 nitrogen and oxygen atoms in total. The molecule has 0 aliphatic heterocycles. The van der Waals surface area contributed by atoms with Crippen LogP contribution in [0.15, 0.2) is 36.4 Å². The lowest BCUT2D eigenvalue weighted by molar-refractivity contribution is -0.134. The normalized spacial score (nSPS) is 14.8. The maximum absolute atomic E-state index is 13.5. The number of rotatable bonds is 20. The molecular weight excluding hydrogens is 641 g/mol. The van der Waals surface area contributed by atoms with Gasteiger partial charge in [-0.15, -0.1) is 0 Å². The van der Waals surface area contributed by atoms with Gasteiger partial charge in [-0.3, -0.25) is 9.59 Å². The second kappa shape index (κ2) is 20.2. The van der Waals surface area contributed by atoms with E-state index in [1.807, 2.05) is 39.8 Å². The number of methoxy groups -OCH3 is 1. The molecule has 252 valence electrons. The summed E-state index contributed by atoms with van der Waals surface area (Å²) >= 11 is 18.3. The van der Waals surface area contributed by atoms with Crippen molar-refractivity contribution in [2.75, 3.05) is 26.9 Å². The van der Waals surface area contributed by atoms with E-state index < -0.39 is 24.1 Å². The van der Waals surface area contributed by atoms with Crippen molar-refractivity contribution in [1.82, 2.24) is 10.6 Å². The maximum Gasteiger partial charge on any atom is 0.243 e. The fourth-order valence-corrected chi connectivity index (χ4v) is 5.08. The molecule has 0 aromatic heterocycles. The van der Waals surface area contributed by atoms with Crippen molar-refractivity contribution < 1.29 is 28.9 Å². The third-order valence-electron chi connectivity index (χ3n) is 7.70. The van der Waals surface area contributed by atoms with Crippen LogP contribution in [0, 0.1) is 17.8 Å². The van der Waals surface area contributed by atoms with Crippen LogP contribution in [0.1, 0.15) is 58.1 Å². The van der Waals surface area contributed by atoms with E-state index in [-0.39, 0.29) is 49.8 Å². The highest BCUT2D eigenvalue weighted by atomic mass is 35.5. The average molecular weight is 689 g/mol. The molecule has 0 aliphatic carbocycles. The molecule has 12 heteroatoms. The van der Waals surface area contributed by atoms with Crippen molar-refractivity contribution in [2.45, 2.75) is 78.3 Å². The van der Waals surface area contributed by atoms with Crippen molar-refractivity contribution in [3.63, 3.8) is 0 Å². The molecule has 0 saturated carbocycles. The monoisotopic (exact) mass is 687 g/mol. The number of aliphatic hydroxyl groups excluding tert-OH is 1. The summed E-state index contributed by atoms with van der Waals surface area (Å²) in [5, 5.41) is 18.1. The number of carbonyl (C=O) groups is 2. The number of hydrogen-bond donors (Lipinski definition) is 4. The Morgan fingerprint density at radius 3 is 2.29 bits per heavy atom. The van der Waals surface area contributed by atoms with Crippen LogP contribution in [0.3, 0.4) is 0 Å². The van der Waals surface area contributed by atoms with Crippen molar-refractivity contribution >= 4 is 46.6 Å². The van der Waals surface area contributed by atoms with Crippen LogP contribution < -0.4 is 21.1 Å². The molecule has 5 atom stereocenters. The standard InChI is InChI=1S/C33H48Cl3N3O6/c1-6-21(4)31(33(42)38-17-22-8-10-25(34)27(36)14-22)39-32(41)24(20(2)3)16-29(40)28(37)19-44-18-23-9-11-26(35)30(15-23)45-13-7-12-43-5/h8-11,14-15,20-21,24,28-29,31,40H,6-7,12-13,16-19,37H2,1-5H3,(H,38,42)(H,39,41)/t21-,24-,28-,29-,31-/m0/s1. The van der Waals surface area contributed by atoms with Crippen LogP contribution in [-0.4, -0.2) is 62.0 Å². The van der Waals surface area contributed by atoms with Gasteiger partial charge < -0.3 is 35.7 Å². The highest BCUT2D eigenvalue weighted by Crippen LogP contribution is 2.27. The number of amides is 2. The van der Waals surface area contributed by atoms with Crippen LogP contribution in [-0.2, 0) is 32.2 Å². The topological polar surface area (TPSA) is 132 Å². The lowest BCUT2D eigenvalue weighted by Gasteiger charge is -2.29. The molecule has 0 heterocycles. The number of ether oxygens (including phenoxy) is 3. The molecule has 0 saturated heterocycles. The van der Waals surface area contributed by atoms with Crippen LogP contribution in [0.25, 0.3) is 0 Å². The molecule has 2 amide bonds. The number of hydrogen-bond acceptors (Lipinski definition) is 7. The van der Waals surface area contributed by atoms with E-state index in [2.05, 4.69) is 10.6 Å². The zero-order valence-electron chi connectivity index (χ0n) is 26.8. The minimum atomic E-state index is -1.00. The fraction of sp³-hybridized carbons (Fsp3) is 0.576. The van der Waals surface area contributed by atoms with Crippen molar-refractivity contribution in [1.29, 1.82) is 0 Å². The lowest BCUT2D eigenvalue weighted by Crippen LogP contribution is -2.52. The fourth-order valence-electron chi connectivity index (χ4n) is 4.59. The Labute approximate surface area is 282 Å². The summed E-state index contributed by atoms with van der Waals surface area (Å²) < 4.78 is 16.6. The van der Waals surface area contributed by atoms with Gasteiger partial charge in [-0.2, -0.15) is 0 Å². The zero-order chi connectivity index (χ0) is 33.5. The molecule has 0 radical (unpaired) electrons. The largest absolute Gasteiger partial charge is 0.492 e. The second-order valence-corrected chi connectivity index (χ2v) is 12.9. The van der Waals surface area contributed by atoms with E-state index in [1.165, 1.54) is 0 Å². The summed E-state index contributed by atoms with van der Waals surface area (Å²) in [6.45, 7) is 9.29. The molecule has 0 aliphatic rings. The summed E-state index contributed by atoms with van der Waals surface area (Å²) in [5.74, 6) is -0.868. The Morgan fingerprint density at radius 2 is 1.64 bits per heavy atom. The minimum absolute atomic E-state index is 0.0763. The predicted octanol–water partition coefficient (Wildman–Crippen LogP) is 5.78. The smallest absolute Gasteiger partial charge is 0.243 e. The first kappa shape index (κ1) is 39.1. The van der Waals surface area contributed by atoms with E-state index in [0.717, 1.165) is 17.5 Å². The van der Waals surface area contributed by atoms with Gasteiger partial charge in [0.1, 0.15) is 11.8 Å². The SMILES string of the molecule is CC[C@H](C)[C@H](NC(=O)[C@@H](C[C@H](O)[C@@H](N)COCc1ccc(Cl)c(OCCCOC)c1)C(C)C)C(=O)NCc1ccc(Cl)c(Cl)c1. The Balaban J connectivity index is 1.94. The molecular formula is C33H48Cl3N3O6. The summed E-state index contributed by atoms with van der Waals surface area (Å²) in [7, 11) is 1.64. The van der Waals surface area contributed by atoms with Crippen LogP contribution in [0.5, 0.6) is 5.75 Å². The number of nitrogens with two attached hydrogens (primary N) is 1. The van der Waals surface area contributed by atoms with Crippen LogP contribution in [0.2, 0.25) is 15.1 Å². The first-order valence-corrected chi connectivity index (χ1v) is 16.4. The minimum Gasteiger partial charge on any atom is -0.492 e. The lowest BCUT2D eigenvalue weighted by atomic mass is 9.86. The van der Waals surface area contributed by atoms with Gasteiger partial charge in [0.2, 0.25) is 11.8 Å². The molecule has 2 aromatic rings. The Hall–Kier alpha value is -2.11. The molecule has 2 rings (SSSR count). The van der Waals surface area contributed by atoms with Crippen molar-refractivity contribution in [3.05, 3.63) is 62.6 Å². The Kier molecular flexibility index (Phi) is 17.5. The number of carbonyl (C=O) groups excluding carboxylic acids is 2. The number of halogens is 3. The summed E-state index contributed by atoms with van der Waals surface area (Å²) in [6.07, 6.45) is 0.532. The van der Waals surface area contributed by atoms with Crippen LogP contribution >= 0.6 is 34.8 Å². The molecule has 45 heavy (non-hydrogen) atoms. The highest BCUT2D eigenvalue weighted by Gasteiger charge is 2.32. The highest BCUT2D eigenvalue weighted by molar-refractivity contribution is 6.42. The predicted molar refractivity (Wildman–Crippen MR) is 180 cm³/mol. The van der Waals surface area contributed by atoms with E-state index in [4.69, 9.17) is 54.7 Å². The molecule has 0 bridgehead atoms. The van der Waals surface area contributed by atoms with E-state index >= 15 is 0 Å². The van der Waals surface area contributed by atoms with Crippen molar-refractivity contribution in [2.24, 2.45) is 23.5 Å². The van der Waals surface area contributed by atoms with Gasteiger partial charge >= 0.3 is 0 Å².